The number of halogens is 1. The number of aromatic amines is 1. The molecule has 1 aliphatic heterocycles. The molecule has 7 nitrogen and oxygen atoms in total. The number of hydrogen-bond donors (Lipinski definition) is 3. The molecule has 1 atom stereocenters. The van der Waals surface area contributed by atoms with Crippen molar-refractivity contribution in [2.45, 2.75) is 85.0 Å². The van der Waals surface area contributed by atoms with Crippen LogP contribution < -0.4 is 15.8 Å². The molecule has 1 unspecified atom stereocenters. The van der Waals surface area contributed by atoms with Crippen LogP contribution in [-0.4, -0.2) is 46.6 Å². The summed E-state index contributed by atoms with van der Waals surface area (Å²) in [5, 5.41) is 14.7. The van der Waals surface area contributed by atoms with Crippen LogP contribution >= 0.6 is 11.6 Å². The van der Waals surface area contributed by atoms with E-state index >= 15 is 0 Å². The lowest BCUT2D eigenvalue weighted by atomic mass is 9.84. The van der Waals surface area contributed by atoms with Gasteiger partial charge in [0.15, 0.2) is 0 Å². The van der Waals surface area contributed by atoms with Crippen LogP contribution in [0, 0.1) is 26.7 Å². The van der Waals surface area contributed by atoms with Crippen molar-refractivity contribution in [3.63, 3.8) is 0 Å². The van der Waals surface area contributed by atoms with Gasteiger partial charge in [-0.2, -0.15) is 0 Å². The minimum absolute atomic E-state index is 0.142. The Hall–Kier alpha value is -2.35. The summed E-state index contributed by atoms with van der Waals surface area (Å²) in [4.78, 5) is 32.6. The van der Waals surface area contributed by atoms with Crippen molar-refractivity contribution >= 4 is 23.2 Å². The minimum atomic E-state index is -0.968. The number of aliphatic hydroxyl groups excluding tert-OH is 1. The van der Waals surface area contributed by atoms with Crippen LogP contribution in [-0.2, 0) is 11.3 Å². The summed E-state index contributed by atoms with van der Waals surface area (Å²) < 4.78 is 0. The number of aliphatic hydroxyl groups is 1. The third-order valence-corrected chi connectivity index (χ3v) is 8.42. The van der Waals surface area contributed by atoms with E-state index in [2.05, 4.69) is 27.0 Å². The van der Waals surface area contributed by atoms with Gasteiger partial charge >= 0.3 is 0 Å². The number of nitrogens with one attached hydrogen (secondary N) is 2. The molecule has 1 aromatic heterocycles. The highest BCUT2D eigenvalue weighted by molar-refractivity contribution is 6.31. The molecule has 37 heavy (non-hydrogen) atoms. The zero-order valence-corrected chi connectivity index (χ0v) is 23.3. The van der Waals surface area contributed by atoms with E-state index in [9.17, 15) is 14.7 Å². The molecule has 3 N–H and O–H groups in total. The summed E-state index contributed by atoms with van der Waals surface area (Å²) in [5.41, 5.74) is 4.87. The first-order valence-corrected chi connectivity index (χ1v) is 14.0. The van der Waals surface area contributed by atoms with E-state index < -0.39 is 6.23 Å². The Kier molecular flexibility index (Phi) is 8.98. The molecular formula is C29H41ClN4O3. The molecule has 202 valence electrons. The number of rotatable bonds is 8. The van der Waals surface area contributed by atoms with Gasteiger partial charge in [-0.1, -0.05) is 11.6 Å². The Morgan fingerprint density at radius 1 is 1.16 bits per heavy atom. The zero-order chi connectivity index (χ0) is 26.7. The first-order chi connectivity index (χ1) is 17.7. The molecule has 2 aliphatic rings. The van der Waals surface area contributed by atoms with Crippen LogP contribution in [0.1, 0.15) is 79.6 Å². The minimum Gasteiger partial charge on any atom is -0.374 e. The third-order valence-electron chi connectivity index (χ3n) is 8.20. The van der Waals surface area contributed by atoms with Crippen molar-refractivity contribution < 1.29 is 9.90 Å². The van der Waals surface area contributed by atoms with Gasteiger partial charge in [-0.3, -0.25) is 14.9 Å². The fourth-order valence-corrected chi connectivity index (χ4v) is 6.35. The molecule has 0 spiro atoms. The number of hydrogen-bond acceptors (Lipinski definition) is 5. The Balaban J connectivity index is 1.47. The van der Waals surface area contributed by atoms with E-state index in [1.165, 1.54) is 0 Å². The Bertz CT molecular complexity index is 1170. The van der Waals surface area contributed by atoms with Gasteiger partial charge in [0.1, 0.15) is 6.23 Å². The second kappa shape index (κ2) is 12.0. The number of pyridine rings is 1. The number of H-pyrrole nitrogens is 1. The zero-order valence-electron chi connectivity index (χ0n) is 22.6. The van der Waals surface area contributed by atoms with Crippen molar-refractivity contribution in [1.82, 2.24) is 15.2 Å². The molecular weight excluding hydrogens is 488 g/mol. The fraction of sp³-hybridized carbons (Fsp3) is 0.586. The van der Waals surface area contributed by atoms with Crippen LogP contribution in [0.2, 0.25) is 5.02 Å². The Morgan fingerprint density at radius 2 is 1.84 bits per heavy atom. The van der Waals surface area contributed by atoms with E-state index in [-0.39, 0.29) is 18.0 Å². The summed E-state index contributed by atoms with van der Waals surface area (Å²) >= 11 is 6.56. The van der Waals surface area contributed by atoms with E-state index in [0.29, 0.717) is 28.1 Å². The summed E-state index contributed by atoms with van der Waals surface area (Å²) in [5.74, 6) is 0.487. The van der Waals surface area contributed by atoms with Gasteiger partial charge in [-0.05, 0) is 95.5 Å². The monoisotopic (exact) mass is 528 g/mol. The average Bonchev–Trinajstić information content (AvgIpc) is 3.40. The van der Waals surface area contributed by atoms with Crippen LogP contribution in [0.25, 0.3) is 0 Å². The largest absolute Gasteiger partial charge is 0.374 e. The number of nitrogens with zero attached hydrogens (tertiary/aromatic N) is 2. The van der Waals surface area contributed by atoms with Gasteiger partial charge in [0.05, 0.1) is 0 Å². The van der Waals surface area contributed by atoms with Gasteiger partial charge in [0.2, 0.25) is 5.91 Å². The quantitative estimate of drug-likeness (QED) is 0.431. The number of carbonyl (C=O) groups excluding carboxylic acids is 1. The second-order valence-corrected chi connectivity index (χ2v) is 11.1. The number of likely N-dealkylation sites (tertiary alicyclic amines) is 1. The van der Waals surface area contributed by atoms with E-state index in [1.54, 1.807) is 6.07 Å². The van der Waals surface area contributed by atoms with Gasteiger partial charge in [-0.15, -0.1) is 0 Å². The summed E-state index contributed by atoms with van der Waals surface area (Å²) in [6.07, 6.45) is 5.05. The van der Waals surface area contributed by atoms with Crippen LogP contribution in [0.5, 0.6) is 0 Å². The normalized spacial score (nSPS) is 20.8. The predicted octanol–water partition coefficient (Wildman–Crippen LogP) is 4.74. The second-order valence-electron chi connectivity index (χ2n) is 10.7. The Morgan fingerprint density at radius 3 is 2.46 bits per heavy atom. The van der Waals surface area contributed by atoms with Crippen molar-refractivity contribution in [3.05, 3.63) is 61.5 Å². The molecule has 1 saturated carbocycles. The van der Waals surface area contributed by atoms with Crippen LogP contribution in [0.4, 0.5) is 5.69 Å². The first kappa shape index (κ1) is 27.7. The first-order valence-electron chi connectivity index (χ1n) is 13.7. The molecule has 1 aromatic carbocycles. The SMILES string of the molecule is CCN(c1cc(Cl)cc(C(O)NCc2c(C)cc(C)[nH]c2=O)c1C)[C@H]1CC[C@@H](C(=O)N2CCCC2)CC1. The fourth-order valence-electron chi connectivity index (χ4n) is 6.13. The molecule has 1 saturated heterocycles. The van der Waals surface area contributed by atoms with Gasteiger partial charge in [0.25, 0.3) is 5.56 Å². The predicted molar refractivity (Wildman–Crippen MR) is 149 cm³/mol. The van der Waals surface area contributed by atoms with Crippen molar-refractivity contribution in [1.29, 1.82) is 0 Å². The number of benzene rings is 1. The van der Waals surface area contributed by atoms with Gasteiger partial charge in [0, 0.05) is 65.7 Å². The van der Waals surface area contributed by atoms with Crippen LogP contribution in [0.3, 0.4) is 0 Å². The molecule has 4 rings (SSSR count). The molecule has 0 radical (unpaired) electrons. The number of carbonyl (C=O) groups is 1. The number of aromatic nitrogens is 1. The van der Waals surface area contributed by atoms with Crippen molar-refractivity contribution in [2.75, 3.05) is 24.5 Å². The molecule has 0 bridgehead atoms. The highest BCUT2D eigenvalue weighted by Gasteiger charge is 2.33. The lowest BCUT2D eigenvalue weighted by molar-refractivity contribution is -0.135. The maximum atomic E-state index is 12.9. The summed E-state index contributed by atoms with van der Waals surface area (Å²) in [6.45, 7) is 10.8. The average molecular weight is 529 g/mol. The topological polar surface area (TPSA) is 88.7 Å². The van der Waals surface area contributed by atoms with Crippen molar-refractivity contribution in [2.24, 2.45) is 5.92 Å². The number of anilines is 1. The molecule has 1 aliphatic carbocycles. The molecule has 2 fully saturated rings. The molecule has 2 aromatic rings. The van der Waals surface area contributed by atoms with E-state index in [4.69, 9.17) is 11.6 Å². The lowest BCUT2D eigenvalue weighted by Crippen LogP contribution is -2.42. The maximum Gasteiger partial charge on any atom is 0.252 e. The van der Waals surface area contributed by atoms with Gasteiger partial charge < -0.3 is 19.9 Å². The van der Waals surface area contributed by atoms with E-state index in [1.807, 2.05) is 32.9 Å². The maximum absolute atomic E-state index is 12.9. The smallest absolute Gasteiger partial charge is 0.252 e. The number of aryl methyl sites for hydroxylation is 2. The number of amides is 1. The summed E-state index contributed by atoms with van der Waals surface area (Å²) in [6, 6.07) is 6.04. The van der Waals surface area contributed by atoms with Crippen molar-refractivity contribution in [3.8, 4) is 0 Å². The highest BCUT2D eigenvalue weighted by atomic mass is 35.5. The molecule has 1 amide bonds. The summed E-state index contributed by atoms with van der Waals surface area (Å²) in [7, 11) is 0. The standard InChI is InChI=1S/C29H41ClN4O3/c1-5-34(23-10-8-21(9-11-23)29(37)33-12-6-7-13-33)26-16-22(30)15-24(20(26)4)27(35)31-17-25-18(2)14-19(3)32-28(25)36/h14-16,21,23,27,31,35H,5-13,17H2,1-4H3,(H,32,36)/t21-,23+,27?. The lowest BCUT2D eigenvalue weighted by Gasteiger charge is -2.39. The molecule has 8 heteroatoms. The van der Waals surface area contributed by atoms with E-state index in [0.717, 1.165) is 80.7 Å². The molecule has 2 heterocycles. The third kappa shape index (κ3) is 6.21. The highest BCUT2D eigenvalue weighted by Crippen LogP contribution is 2.36. The van der Waals surface area contributed by atoms with Gasteiger partial charge in [-0.25, -0.2) is 0 Å². The Labute approximate surface area is 225 Å². The van der Waals surface area contributed by atoms with Crippen LogP contribution in [0.15, 0.2) is 23.0 Å².